The minimum atomic E-state index is 0.221. The Morgan fingerprint density at radius 1 is 1.07 bits per heavy atom. The lowest BCUT2D eigenvalue weighted by atomic mass is 9.89. The maximum Gasteiger partial charge on any atom is 0.231 e. The van der Waals surface area contributed by atoms with Gasteiger partial charge in [0.25, 0.3) is 0 Å². The van der Waals surface area contributed by atoms with Gasteiger partial charge in [-0.05, 0) is 42.5 Å². The first-order valence-corrected chi connectivity index (χ1v) is 10.5. The Bertz CT molecular complexity index is 1020. The number of piperidine rings is 1. The highest BCUT2D eigenvalue weighted by Crippen LogP contribution is 2.35. The summed E-state index contributed by atoms with van der Waals surface area (Å²) >= 11 is 0. The Balaban J connectivity index is 1.17. The number of hydrogen-bond acceptors (Lipinski definition) is 4. The smallest absolute Gasteiger partial charge is 0.231 e. The molecule has 0 aliphatic carbocycles. The SMILES string of the molecule is O=C(CCc1ccc2c(c1)OCO2)N1CCC(c2[nH]ncc2-c2ccccc2)CC1. The van der Waals surface area contributed by atoms with Crippen molar-refractivity contribution in [2.75, 3.05) is 19.9 Å². The summed E-state index contributed by atoms with van der Waals surface area (Å²) in [6, 6.07) is 16.3. The number of nitrogens with zero attached hydrogens (tertiary/aromatic N) is 2. The molecule has 2 aliphatic heterocycles. The largest absolute Gasteiger partial charge is 0.454 e. The van der Waals surface area contributed by atoms with Crippen molar-refractivity contribution in [1.82, 2.24) is 15.1 Å². The molecule has 2 aliphatic rings. The van der Waals surface area contributed by atoms with Gasteiger partial charge in [-0.2, -0.15) is 5.10 Å². The number of carbonyl (C=O) groups excluding carboxylic acids is 1. The molecular formula is C24H25N3O3. The molecule has 5 rings (SSSR count). The minimum absolute atomic E-state index is 0.221. The number of carbonyl (C=O) groups is 1. The van der Waals surface area contributed by atoms with Crippen molar-refractivity contribution in [2.45, 2.75) is 31.6 Å². The Morgan fingerprint density at radius 3 is 2.70 bits per heavy atom. The Morgan fingerprint density at radius 2 is 1.87 bits per heavy atom. The first kappa shape index (κ1) is 18.7. The van der Waals surface area contributed by atoms with E-state index in [0.717, 1.165) is 43.0 Å². The molecule has 0 spiro atoms. The molecule has 1 N–H and O–H groups in total. The molecule has 0 bridgehead atoms. The summed E-state index contributed by atoms with van der Waals surface area (Å²) in [5.74, 6) is 2.18. The summed E-state index contributed by atoms with van der Waals surface area (Å²) in [5, 5.41) is 7.50. The summed E-state index contributed by atoms with van der Waals surface area (Å²) in [5.41, 5.74) is 4.65. The van der Waals surface area contributed by atoms with Crippen LogP contribution in [0, 0.1) is 0 Å². The van der Waals surface area contributed by atoms with Gasteiger partial charge in [-0.15, -0.1) is 0 Å². The normalized spacial score (nSPS) is 16.1. The highest BCUT2D eigenvalue weighted by atomic mass is 16.7. The summed E-state index contributed by atoms with van der Waals surface area (Å²) in [6.45, 7) is 1.85. The van der Waals surface area contributed by atoms with Gasteiger partial charge in [0, 0.05) is 36.7 Å². The quantitative estimate of drug-likeness (QED) is 0.695. The van der Waals surface area contributed by atoms with E-state index in [2.05, 4.69) is 22.3 Å². The van der Waals surface area contributed by atoms with Crippen LogP contribution in [0.2, 0.25) is 0 Å². The van der Waals surface area contributed by atoms with Gasteiger partial charge >= 0.3 is 0 Å². The van der Waals surface area contributed by atoms with E-state index in [1.54, 1.807) is 0 Å². The minimum Gasteiger partial charge on any atom is -0.454 e. The molecule has 30 heavy (non-hydrogen) atoms. The first-order chi connectivity index (χ1) is 14.8. The summed E-state index contributed by atoms with van der Waals surface area (Å²) < 4.78 is 10.8. The molecule has 6 heteroatoms. The zero-order valence-corrected chi connectivity index (χ0v) is 16.8. The maximum absolute atomic E-state index is 12.7. The van der Waals surface area contributed by atoms with Gasteiger partial charge in [-0.1, -0.05) is 36.4 Å². The van der Waals surface area contributed by atoms with E-state index in [-0.39, 0.29) is 12.7 Å². The van der Waals surface area contributed by atoms with Crippen LogP contribution in [0.3, 0.4) is 0 Å². The molecule has 0 unspecified atom stereocenters. The van der Waals surface area contributed by atoms with Gasteiger partial charge in [0.1, 0.15) is 0 Å². The number of fused-ring (bicyclic) bond motifs is 1. The highest BCUT2D eigenvalue weighted by molar-refractivity contribution is 5.76. The monoisotopic (exact) mass is 403 g/mol. The molecule has 0 atom stereocenters. The number of ether oxygens (including phenoxy) is 2. The predicted molar refractivity (Wildman–Crippen MR) is 113 cm³/mol. The Hall–Kier alpha value is -3.28. The summed E-state index contributed by atoms with van der Waals surface area (Å²) in [4.78, 5) is 14.7. The summed E-state index contributed by atoms with van der Waals surface area (Å²) in [6.07, 6.45) is 5.06. The molecule has 2 aromatic carbocycles. The molecule has 0 radical (unpaired) electrons. The number of aromatic nitrogens is 2. The van der Waals surface area contributed by atoms with Crippen LogP contribution in [0.5, 0.6) is 11.5 Å². The van der Waals surface area contributed by atoms with Crippen LogP contribution in [-0.2, 0) is 11.2 Å². The average molecular weight is 403 g/mol. The molecule has 1 saturated heterocycles. The fourth-order valence-corrected chi connectivity index (χ4v) is 4.38. The predicted octanol–water partition coefficient (Wildman–Crippen LogP) is 4.14. The Labute approximate surface area is 175 Å². The van der Waals surface area contributed by atoms with Crippen LogP contribution in [0.15, 0.2) is 54.7 Å². The van der Waals surface area contributed by atoms with E-state index in [1.165, 1.54) is 16.8 Å². The lowest BCUT2D eigenvalue weighted by molar-refractivity contribution is -0.132. The van der Waals surface area contributed by atoms with E-state index in [9.17, 15) is 4.79 Å². The van der Waals surface area contributed by atoms with E-state index in [1.807, 2.05) is 47.5 Å². The number of likely N-dealkylation sites (tertiary alicyclic amines) is 1. The van der Waals surface area contributed by atoms with E-state index >= 15 is 0 Å². The zero-order valence-electron chi connectivity index (χ0n) is 16.8. The third-order valence-electron chi connectivity index (χ3n) is 6.07. The van der Waals surface area contributed by atoms with Gasteiger partial charge in [-0.25, -0.2) is 0 Å². The molecule has 3 aromatic rings. The topological polar surface area (TPSA) is 67.5 Å². The standard InChI is InChI=1S/C24H25N3O3/c28-23(9-7-17-6-8-21-22(14-17)30-16-29-21)27-12-10-19(11-13-27)24-20(15-25-26-24)18-4-2-1-3-5-18/h1-6,8,14-15,19H,7,9-13,16H2,(H,25,26). The first-order valence-electron chi connectivity index (χ1n) is 10.5. The maximum atomic E-state index is 12.7. The lowest BCUT2D eigenvalue weighted by Gasteiger charge is -2.32. The van der Waals surface area contributed by atoms with Crippen LogP contribution in [0.1, 0.15) is 36.4 Å². The van der Waals surface area contributed by atoms with E-state index < -0.39 is 0 Å². The van der Waals surface area contributed by atoms with Crippen LogP contribution in [-0.4, -0.2) is 40.9 Å². The highest BCUT2D eigenvalue weighted by Gasteiger charge is 2.26. The van der Waals surface area contributed by atoms with Crippen LogP contribution in [0.4, 0.5) is 0 Å². The molecule has 3 heterocycles. The van der Waals surface area contributed by atoms with Crippen molar-refractivity contribution in [3.8, 4) is 22.6 Å². The second-order valence-corrected chi connectivity index (χ2v) is 7.91. The number of hydrogen-bond donors (Lipinski definition) is 1. The van der Waals surface area contributed by atoms with Crippen molar-refractivity contribution < 1.29 is 14.3 Å². The molecular weight excluding hydrogens is 378 g/mol. The average Bonchev–Trinajstić information content (AvgIpc) is 3.47. The fourth-order valence-electron chi connectivity index (χ4n) is 4.38. The fraction of sp³-hybridized carbons (Fsp3) is 0.333. The van der Waals surface area contributed by atoms with Crippen LogP contribution >= 0.6 is 0 Å². The van der Waals surface area contributed by atoms with Crippen molar-refractivity contribution in [3.05, 3.63) is 66.0 Å². The van der Waals surface area contributed by atoms with Crippen LogP contribution < -0.4 is 9.47 Å². The molecule has 1 aromatic heterocycles. The van der Waals surface area contributed by atoms with Crippen molar-refractivity contribution in [3.63, 3.8) is 0 Å². The number of nitrogens with one attached hydrogen (secondary N) is 1. The van der Waals surface area contributed by atoms with Crippen molar-refractivity contribution >= 4 is 5.91 Å². The molecule has 1 amide bonds. The van der Waals surface area contributed by atoms with Gasteiger partial charge in [0.15, 0.2) is 11.5 Å². The van der Waals surface area contributed by atoms with Gasteiger partial charge in [0.05, 0.1) is 6.20 Å². The molecule has 1 fully saturated rings. The Kier molecular flexibility index (Phi) is 5.13. The number of aromatic amines is 1. The second-order valence-electron chi connectivity index (χ2n) is 7.91. The third kappa shape index (κ3) is 3.77. The number of aryl methyl sites for hydroxylation is 1. The third-order valence-corrected chi connectivity index (χ3v) is 6.07. The van der Waals surface area contributed by atoms with E-state index in [4.69, 9.17) is 9.47 Å². The van der Waals surface area contributed by atoms with Gasteiger partial charge in [-0.3, -0.25) is 9.89 Å². The number of benzene rings is 2. The van der Waals surface area contributed by atoms with E-state index in [0.29, 0.717) is 18.8 Å². The number of amides is 1. The second kappa shape index (κ2) is 8.22. The van der Waals surface area contributed by atoms with Crippen LogP contribution in [0.25, 0.3) is 11.1 Å². The summed E-state index contributed by atoms with van der Waals surface area (Å²) in [7, 11) is 0. The van der Waals surface area contributed by atoms with Crippen molar-refractivity contribution in [2.24, 2.45) is 0 Å². The molecule has 6 nitrogen and oxygen atoms in total. The molecule has 0 saturated carbocycles. The zero-order chi connectivity index (χ0) is 20.3. The lowest BCUT2D eigenvalue weighted by Crippen LogP contribution is -2.38. The van der Waals surface area contributed by atoms with Gasteiger partial charge in [0.2, 0.25) is 12.7 Å². The number of rotatable bonds is 5. The number of H-pyrrole nitrogens is 1. The molecule has 154 valence electrons. The van der Waals surface area contributed by atoms with Crippen molar-refractivity contribution in [1.29, 1.82) is 0 Å². The van der Waals surface area contributed by atoms with Gasteiger partial charge < -0.3 is 14.4 Å².